The Kier molecular flexibility index (Phi) is 10.2. The second kappa shape index (κ2) is 10.9. The molecule has 0 aromatic rings. The Hall–Kier alpha value is -1.23. The van der Waals surface area contributed by atoms with Crippen LogP contribution in [0.2, 0.25) is 0 Å². The molecule has 0 aromatic carbocycles. The van der Waals surface area contributed by atoms with Crippen molar-refractivity contribution in [3.05, 3.63) is 0 Å². The predicted octanol–water partition coefficient (Wildman–Crippen LogP) is -0.297. The van der Waals surface area contributed by atoms with E-state index < -0.39 is 5.91 Å². The molecule has 0 unspecified atom stereocenters. The van der Waals surface area contributed by atoms with Crippen molar-refractivity contribution in [3.8, 4) is 0 Å². The first-order valence-electron chi connectivity index (χ1n) is 6.76. The molecule has 0 radical (unpaired) electrons. The molecule has 0 saturated carbocycles. The molecule has 2 amide bonds. The Balaban J connectivity index is 3.95. The molecule has 104 valence electrons. The van der Waals surface area contributed by atoms with Gasteiger partial charge in [0, 0.05) is 0 Å². The fraction of sp³-hybridized carbons (Fsp3) is 0.769. The van der Waals surface area contributed by atoms with Gasteiger partial charge in [-0.1, -0.05) is 26.7 Å². The van der Waals surface area contributed by atoms with Crippen LogP contribution in [0.1, 0.15) is 46.0 Å². The number of carbonyl (C=O) groups is 3. The van der Waals surface area contributed by atoms with Crippen LogP contribution in [0.25, 0.3) is 0 Å². The standard InChI is InChI=1S/C13H24N2O3/c1-3-5-8-15(9-6-4-2)10-7-12(17)14-13(18)11-16/h11H,3-10H2,1-2H3,(H,14,17,18)/p+1. The SMILES string of the molecule is CCCC[NH+](CCCC)CCC(=O)NC(=O)C=O. The second-order valence-electron chi connectivity index (χ2n) is 4.49. The third kappa shape index (κ3) is 8.87. The molecule has 18 heavy (non-hydrogen) atoms. The van der Waals surface area contributed by atoms with Gasteiger partial charge in [-0.3, -0.25) is 19.7 Å². The smallest absolute Gasteiger partial charge is 0.290 e. The first-order valence-corrected chi connectivity index (χ1v) is 6.76. The van der Waals surface area contributed by atoms with Crippen LogP contribution in [0.4, 0.5) is 0 Å². The van der Waals surface area contributed by atoms with E-state index in [-0.39, 0.29) is 12.2 Å². The number of quaternary nitrogens is 1. The minimum absolute atomic E-state index is 0.122. The van der Waals surface area contributed by atoms with E-state index in [2.05, 4.69) is 13.8 Å². The van der Waals surface area contributed by atoms with Crippen LogP contribution in [-0.2, 0) is 14.4 Å². The molecule has 5 heteroatoms. The lowest BCUT2D eigenvalue weighted by Crippen LogP contribution is -3.12. The van der Waals surface area contributed by atoms with Crippen LogP contribution in [0.5, 0.6) is 0 Å². The molecular weight excluding hydrogens is 232 g/mol. The van der Waals surface area contributed by atoms with Crippen LogP contribution in [0.3, 0.4) is 0 Å². The zero-order chi connectivity index (χ0) is 13.8. The van der Waals surface area contributed by atoms with Gasteiger partial charge in [-0.25, -0.2) is 0 Å². The van der Waals surface area contributed by atoms with Crippen molar-refractivity contribution in [1.29, 1.82) is 0 Å². The van der Waals surface area contributed by atoms with E-state index in [4.69, 9.17) is 0 Å². The Morgan fingerprint density at radius 2 is 1.61 bits per heavy atom. The number of imide groups is 1. The highest BCUT2D eigenvalue weighted by atomic mass is 16.2. The van der Waals surface area contributed by atoms with Gasteiger partial charge in [-0.15, -0.1) is 0 Å². The molecule has 0 spiro atoms. The van der Waals surface area contributed by atoms with Crippen LogP contribution in [-0.4, -0.2) is 37.7 Å². The lowest BCUT2D eigenvalue weighted by Gasteiger charge is -2.18. The van der Waals surface area contributed by atoms with E-state index in [1.54, 1.807) is 0 Å². The zero-order valence-corrected chi connectivity index (χ0v) is 11.5. The Morgan fingerprint density at radius 3 is 2.06 bits per heavy atom. The first-order chi connectivity index (χ1) is 8.63. The van der Waals surface area contributed by atoms with Crippen LogP contribution < -0.4 is 10.2 Å². The summed E-state index contributed by atoms with van der Waals surface area (Å²) < 4.78 is 0. The maximum Gasteiger partial charge on any atom is 0.290 e. The number of amides is 2. The highest BCUT2D eigenvalue weighted by Crippen LogP contribution is 1.84. The predicted molar refractivity (Wildman–Crippen MR) is 69.2 cm³/mol. The van der Waals surface area contributed by atoms with Crippen molar-refractivity contribution in [3.63, 3.8) is 0 Å². The molecule has 2 N–H and O–H groups in total. The molecule has 0 aliphatic rings. The molecular formula is C13H25N2O3+. The van der Waals surface area contributed by atoms with Gasteiger partial charge in [0.25, 0.3) is 5.91 Å². The monoisotopic (exact) mass is 257 g/mol. The number of unbranched alkanes of at least 4 members (excludes halogenated alkanes) is 2. The molecule has 0 bridgehead atoms. The highest BCUT2D eigenvalue weighted by molar-refractivity contribution is 6.27. The normalized spacial score (nSPS) is 10.4. The first kappa shape index (κ1) is 16.8. The van der Waals surface area contributed by atoms with Gasteiger partial charge >= 0.3 is 0 Å². The van der Waals surface area contributed by atoms with Gasteiger partial charge in [0.15, 0.2) is 0 Å². The maximum absolute atomic E-state index is 11.4. The average molecular weight is 257 g/mol. The van der Waals surface area contributed by atoms with Crippen LogP contribution >= 0.6 is 0 Å². The van der Waals surface area contributed by atoms with E-state index in [0.717, 1.165) is 45.3 Å². The molecule has 0 saturated heterocycles. The van der Waals surface area contributed by atoms with Gasteiger partial charge in [0.2, 0.25) is 12.2 Å². The van der Waals surface area contributed by atoms with Crippen molar-refractivity contribution in [2.24, 2.45) is 0 Å². The molecule has 0 atom stereocenters. The number of rotatable bonds is 10. The molecule has 0 rings (SSSR count). The van der Waals surface area contributed by atoms with Crippen molar-refractivity contribution < 1.29 is 19.3 Å². The molecule has 0 fully saturated rings. The Morgan fingerprint density at radius 1 is 1.06 bits per heavy atom. The number of carbonyl (C=O) groups excluding carboxylic acids is 3. The molecule has 5 nitrogen and oxygen atoms in total. The summed E-state index contributed by atoms with van der Waals surface area (Å²) in [5, 5.41) is 2.04. The lowest BCUT2D eigenvalue weighted by molar-refractivity contribution is -0.900. The minimum Gasteiger partial charge on any atom is -0.335 e. The van der Waals surface area contributed by atoms with Gasteiger partial charge in [-0.2, -0.15) is 0 Å². The summed E-state index contributed by atoms with van der Waals surface area (Å²) >= 11 is 0. The number of hydrogen-bond donors (Lipinski definition) is 2. The third-order valence-corrected chi connectivity index (χ3v) is 2.84. The number of nitrogens with one attached hydrogen (secondary N) is 2. The quantitative estimate of drug-likeness (QED) is 0.417. The topological polar surface area (TPSA) is 67.7 Å². The van der Waals surface area contributed by atoms with Crippen LogP contribution in [0, 0.1) is 0 Å². The van der Waals surface area contributed by atoms with E-state index in [0.29, 0.717) is 6.42 Å². The van der Waals surface area contributed by atoms with E-state index in [9.17, 15) is 14.4 Å². The summed E-state index contributed by atoms with van der Waals surface area (Å²) in [6, 6.07) is 0. The maximum atomic E-state index is 11.4. The molecule has 0 heterocycles. The van der Waals surface area contributed by atoms with E-state index in [1.165, 1.54) is 4.90 Å². The van der Waals surface area contributed by atoms with Crippen molar-refractivity contribution in [2.45, 2.75) is 46.0 Å². The fourth-order valence-corrected chi connectivity index (χ4v) is 1.75. The summed E-state index contributed by atoms with van der Waals surface area (Å²) in [7, 11) is 0. The van der Waals surface area contributed by atoms with Crippen molar-refractivity contribution in [2.75, 3.05) is 19.6 Å². The fourth-order valence-electron chi connectivity index (χ4n) is 1.75. The van der Waals surface area contributed by atoms with Crippen molar-refractivity contribution >= 4 is 18.1 Å². The summed E-state index contributed by atoms with van der Waals surface area (Å²) in [5.41, 5.74) is 0. The summed E-state index contributed by atoms with van der Waals surface area (Å²) in [6.07, 6.45) is 5.00. The highest BCUT2D eigenvalue weighted by Gasteiger charge is 2.12. The van der Waals surface area contributed by atoms with Crippen molar-refractivity contribution in [1.82, 2.24) is 5.32 Å². The largest absolute Gasteiger partial charge is 0.335 e. The molecule has 0 aliphatic heterocycles. The summed E-state index contributed by atoms with van der Waals surface area (Å²) in [5.74, 6) is -1.22. The number of aldehydes is 1. The number of hydrogen-bond acceptors (Lipinski definition) is 3. The summed E-state index contributed by atoms with van der Waals surface area (Å²) in [4.78, 5) is 33.6. The average Bonchev–Trinajstić information content (AvgIpc) is 2.37. The molecule has 0 aromatic heterocycles. The summed E-state index contributed by atoms with van der Waals surface area (Å²) in [6.45, 7) is 7.13. The minimum atomic E-state index is -0.858. The van der Waals surface area contributed by atoms with Gasteiger partial charge in [0.1, 0.15) is 0 Å². The zero-order valence-electron chi connectivity index (χ0n) is 11.5. The third-order valence-electron chi connectivity index (χ3n) is 2.84. The molecule has 0 aliphatic carbocycles. The van der Waals surface area contributed by atoms with Gasteiger partial charge in [-0.05, 0) is 12.8 Å². The van der Waals surface area contributed by atoms with E-state index in [1.807, 2.05) is 5.32 Å². The second-order valence-corrected chi connectivity index (χ2v) is 4.49. The van der Waals surface area contributed by atoms with E-state index >= 15 is 0 Å². The lowest BCUT2D eigenvalue weighted by atomic mass is 10.2. The Bertz CT molecular complexity index is 259. The van der Waals surface area contributed by atoms with Gasteiger partial charge in [0.05, 0.1) is 26.1 Å². The van der Waals surface area contributed by atoms with Crippen LogP contribution in [0.15, 0.2) is 0 Å². The Labute approximate surface area is 109 Å². The van der Waals surface area contributed by atoms with Gasteiger partial charge < -0.3 is 4.90 Å².